The molecule has 2 atom stereocenters. The third-order valence-electron chi connectivity index (χ3n) is 6.19. The molecule has 5 nitrogen and oxygen atoms in total. The predicted molar refractivity (Wildman–Crippen MR) is 115 cm³/mol. The summed E-state index contributed by atoms with van der Waals surface area (Å²) < 4.78 is 43.7. The molecule has 9 heteroatoms. The van der Waals surface area contributed by atoms with Gasteiger partial charge in [0.2, 0.25) is 0 Å². The number of aliphatic carboxylic acids is 1. The molecule has 2 heterocycles. The second-order valence-electron chi connectivity index (χ2n) is 8.59. The van der Waals surface area contributed by atoms with Gasteiger partial charge in [0.1, 0.15) is 18.2 Å². The van der Waals surface area contributed by atoms with Crippen LogP contribution < -0.4 is 0 Å². The van der Waals surface area contributed by atoms with Crippen LogP contribution in [0.1, 0.15) is 54.3 Å². The molecule has 2 aromatic heterocycles. The lowest BCUT2D eigenvalue weighted by Crippen LogP contribution is -2.06. The third-order valence-corrected chi connectivity index (χ3v) is 7.12. The minimum absolute atomic E-state index is 0.138. The molecule has 0 spiro atoms. The van der Waals surface area contributed by atoms with E-state index in [9.17, 15) is 18.0 Å². The average Bonchev–Trinajstić information content (AvgIpc) is 3.45. The van der Waals surface area contributed by atoms with E-state index in [1.54, 1.807) is 18.3 Å². The van der Waals surface area contributed by atoms with Crippen LogP contribution in [0.2, 0.25) is 0 Å². The SMILES string of the molecule is O=C(O)Cc1cc(CSc2ncc3c(n2)c(C2C[C@@H](F)[C@H](F)C2)cn3C2CC2)ccc1F. The maximum Gasteiger partial charge on any atom is 0.307 e. The average molecular weight is 462 g/mol. The molecule has 3 aromatic rings. The van der Waals surface area contributed by atoms with Crippen LogP contribution in [-0.4, -0.2) is 38.0 Å². The number of carboxylic acids is 1. The number of carbonyl (C=O) groups is 1. The van der Waals surface area contributed by atoms with Crippen molar-refractivity contribution in [1.82, 2.24) is 14.5 Å². The third kappa shape index (κ3) is 4.22. The van der Waals surface area contributed by atoms with Crippen molar-refractivity contribution in [2.24, 2.45) is 0 Å². The van der Waals surface area contributed by atoms with Gasteiger partial charge < -0.3 is 9.67 Å². The van der Waals surface area contributed by atoms with Crippen LogP contribution in [0.25, 0.3) is 11.0 Å². The van der Waals surface area contributed by atoms with E-state index in [4.69, 9.17) is 10.1 Å². The number of thioether (sulfide) groups is 1. The predicted octanol–water partition coefficient (Wildman–Crippen LogP) is 5.38. The van der Waals surface area contributed by atoms with Crippen molar-refractivity contribution < 1.29 is 23.1 Å². The fourth-order valence-electron chi connectivity index (χ4n) is 4.42. The van der Waals surface area contributed by atoms with Crippen molar-refractivity contribution in [3.05, 3.63) is 53.1 Å². The lowest BCUT2D eigenvalue weighted by atomic mass is 9.99. The molecule has 0 aliphatic heterocycles. The Balaban J connectivity index is 1.41. The molecule has 2 aliphatic carbocycles. The Hall–Kier alpha value is -2.55. The highest BCUT2D eigenvalue weighted by atomic mass is 32.2. The molecule has 2 fully saturated rings. The van der Waals surface area contributed by atoms with Gasteiger partial charge in [0, 0.05) is 18.0 Å². The van der Waals surface area contributed by atoms with Crippen LogP contribution >= 0.6 is 11.8 Å². The van der Waals surface area contributed by atoms with E-state index in [1.807, 2.05) is 6.20 Å². The standard InChI is InChI=1S/C23H22F3N3O2S/c24-17-4-1-12(5-14(17)8-21(30)31)11-32-23-27-9-20-22(28-23)16(10-29(20)15-2-3-15)13-6-18(25)19(26)7-13/h1,4-5,9-10,13,15,18-19H,2-3,6-8,11H2,(H,30,31)/t18-,19-/m1/s1. The van der Waals surface area contributed by atoms with Crippen molar-refractivity contribution in [2.45, 2.75) is 67.3 Å². The Morgan fingerprint density at radius 2 is 1.97 bits per heavy atom. The molecule has 0 saturated heterocycles. The fourth-order valence-corrected chi connectivity index (χ4v) is 5.18. The number of alkyl halides is 2. The molecule has 168 valence electrons. The van der Waals surface area contributed by atoms with Gasteiger partial charge in [0.25, 0.3) is 0 Å². The lowest BCUT2D eigenvalue weighted by Gasteiger charge is -2.08. The number of carboxylic acid groups (broad SMARTS) is 1. The molecule has 32 heavy (non-hydrogen) atoms. The van der Waals surface area contributed by atoms with Gasteiger partial charge in [0.05, 0.1) is 23.7 Å². The summed E-state index contributed by atoms with van der Waals surface area (Å²) in [5.41, 5.74) is 3.41. The van der Waals surface area contributed by atoms with Gasteiger partial charge in [-0.15, -0.1) is 0 Å². The Bertz CT molecular complexity index is 1170. The first kappa shape index (κ1) is 21.3. The Labute approximate surface area is 187 Å². The second kappa shape index (κ2) is 8.42. The van der Waals surface area contributed by atoms with E-state index in [-0.39, 0.29) is 30.7 Å². The summed E-state index contributed by atoms with van der Waals surface area (Å²) >= 11 is 1.36. The summed E-state index contributed by atoms with van der Waals surface area (Å²) in [6.07, 6.45) is 3.00. The summed E-state index contributed by atoms with van der Waals surface area (Å²) in [6, 6.07) is 4.82. The van der Waals surface area contributed by atoms with Crippen molar-refractivity contribution in [1.29, 1.82) is 0 Å². The highest BCUT2D eigenvalue weighted by Crippen LogP contribution is 2.44. The monoisotopic (exact) mass is 461 g/mol. The topological polar surface area (TPSA) is 68.0 Å². The van der Waals surface area contributed by atoms with Crippen molar-refractivity contribution >= 4 is 28.8 Å². The maximum absolute atomic E-state index is 13.9. The van der Waals surface area contributed by atoms with Crippen molar-refractivity contribution in [2.75, 3.05) is 0 Å². The summed E-state index contributed by atoms with van der Waals surface area (Å²) in [5, 5.41) is 9.46. The molecule has 0 amide bonds. The molecule has 1 aromatic carbocycles. The zero-order valence-electron chi connectivity index (χ0n) is 17.2. The van der Waals surface area contributed by atoms with Crippen LogP contribution in [0.4, 0.5) is 13.2 Å². The van der Waals surface area contributed by atoms with Crippen LogP contribution in [-0.2, 0) is 17.0 Å². The number of hydrogen-bond donors (Lipinski definition) is 1. The molecule has 0 radical (unpaired) electrons. The Morgan fingerprint density at radius 1 is 1.22 bits per heavy atom. The summed E-state index contributed by atoms with van der Waals surface area (Å²) in [4.78, 5) is 20.1. The highest BCUT2D eigenvalue weighted by molar-refractivity contribution is 7.98. The molecule has 0 unspecified atom stereocenters. The Kier molecular flexibility index (Phi) is 5.61. The first-order valence-electron chi connectivity index (χ1n) is 10.7. The quantitative estimate of drug-likeness (QED) is 0.378. The van der Waals surface area contributed by atoms with Crippen molar-refractivity contribution in [3.8, 4) is 0 Å². The van der Waals surface area contributed by atoms with Crippen LogP contribution in [0.3, 0.4) is 0 Å². The van der Waals surface area contributed by atoms with Crippen LogP contribution in [0.5, 0.6) is 0 Å². The van der Waals surface area contributed by atoms with Gasteiger partial charge in [-0.1, -0.05) is 23.9 Å². The van der Waals surface area contributed by atoms with Crippen molar-refractivity contribution in [3.63, 3.8) is 0 Å². The minimum atomic E-state index is -1.44. The number of benzene rings is 1. The largest absolute Gasteiger partial charge is 0.481 e. The molecule has 1 N–H and O–H groups in total. The number of hydrogen-bond acceptors (Lipinski definition) is 4. The van der Waals surface area contributed by atoms with Gasteiger partial charge in [0.15, 0.2) is 5.16 Å². The van der Waals surface area contributed by atoms with E-state index in [2.05, 4.69) is 9.55 Å². The van der Waals surface area contributed by atoms with Gasteiger partial charge in [-0.2, -0.15) is 0 Å². The Morgan fingerprint density at radius 3 is 2.66 bits per heavy atom. The zero-order valence-corrected chi connectivity index (χ0v) is 18.0. The molecule has 2 saturated carbocycles. The van der Waals surface area contributed by atoms with E-state index in [0.29, 0.717) is 17.0 Å². The molecular weight excluding hydrogens is 439 g/mol. The van der Waals surface area contributed by atoms with E-state index in [1.165, 1.54) is 17.8 Å². The van der Waals surface area contributed by atoms with Gasteiger partial charge in [-0.3, -0.25) is 4.79 Å². The second-order valence-corrected chi connectivity index (χ2v) is 9.54. The molecule has 0 bridgehead atoms. The fraction of sp³-hybridized carbons (Fsp3) is 0.435. The first-order chi connectivity index (χ1) is 15.4. The smallest absolute Gasteiger partial charge is 0.307 e. The maximum atomic E-state index is 13.9. The van der Waals surface area contributed by atoms with Crippen LogP contribution in [0, 0.1) is 5.82 Å². The molecular formula is C23H22F3N3O2S. The van der Waals surface area contributed by atoms with Crippen LogP contribution in [0.15, 0.2) is 35.7 Å². The van der Waals surface area contributed by atoms with Gasteiger partial charge in [-0.05, 0) is 54.4 Å². The normalized spacial score (nSPS) is 21.5. The van der Waals surface area contributed by atoms with E-state index < -0.39 is 24.1 Å². The first-order valence-corrected chi connectivity index (χ1v) is 11.6. The zero-order chi connectivity index (χ0) is 22.4. The van der Waals surface area contributed by atoms with Gasteiger partial charge >= 0.3 is 5.97 Å². The van der Waals surface area contributed by atoms with E-state index >= 15 is 0 Å². The summed E-state index contributed by atoms with van der Waals surface area (Å²) in [6.45, 7) is 0. The molecule has 2 aliphatic rings. The number of halogens is 3. The number of fused-ring (bicyclic) bond motifs is 1. The van der Waals surface area contributed by atoms with Gasteiger partial charge in [-0.25, -0.2) is 23.1 Å². The summed E-state index contributed by atoms with van der Waals surface area (Å²) in [5.74, 6) is -1.39. The minimum Gasteiger partial charge on any atom is -0.481 e. The number of nitrogens with zero attached hydrogens (tertiary/aromatic N) is 3. The highest BCUT2D eigenvalue weighted by Gasteiger charge is 2.38. The molecule has 5 rings (SSSR count). The number of rotatable bonds is 7. The summed E-state index contributed by atoms with van der Waals surface area (Å²) in [7, 11) is 0. The lowest BCUT2D eigenvalue weighted by molar-refractivity contribution is -0.136. The number of aromatic nitrogens is 3. The van der Waals surface area contributed by atoms with E-state index in [0.717, 1.165) is 35.0 Å².